The highest BCUT2D eigenvalue weighted by atomic mass is 35.5. The van der Waals surface area contributed by atoms with E-state index in [0.717, 1.165) is 60.3 Å². The summed E-state index contributed by atoms with van der Waals surface area (Å²) in [7, 11) is 0. The van der Waals surface area contributed by atoms with E-state index < -0.39 is 0 Å². The number of anilines is 1. The van der Waals surface area contributed by atoms with Crippen molar-refractivity contribution in [1.29, 1.82) is 0 Å². The summed E-state index contributed by atoms with van der Waals surface area (Å²) in [4.78, 5) is 7.03. The fraction of sp³-hybridized carbons (Fsp3) is 0.333. The van der Waals surface area contributed by atoms with Gasteiger partial charge in [-0.05, 0) is 26.0 Å². The second kappa shape index (κ2) is 6.48. The van der Waals surface area contributed by atoms with Crippen LogP contribution >= 0.6 is 23.2 Å². The Morgan fingerprint density at radius 1 is 1.08 bits per heavy atom. The third-order valence-electron chi connectivity index (χ3n) is 4.41. The molecule has 1 aromatic carbocycles. The average Bonchev–Trinajstić information content (AvgIpc) is 2.91. The first-order valence-electron chi connectivity index (χ1n) is 8.19. The lowest BCUT2D eigenvalue weighted by Gasteiger charge is -2.29. The van der Waals surface area contributed by atoms with Crippen LogP contribution in [0.2, 0.25) is 10.0 Å². The summed E-state index contributed by atoms with van der Waals surface area (Å²) < 4.78 is 7.38. The van der Waals surface area contributed by atoms with E-state index in [1.54, 1.807) is 6.07 Å². The third kappa shape index (κ3) is 2.97. The third-order valence-corrected chi connectivity index (χ3v) is 4.96. The van der Waals surface area contributed by atoms with E-state index in [1.165, 1.54) is 0 Å². The van der Waals surface area contributed by atoms with Crippen molar-refractivity contribution in [2.24, 2.45) is 0 Å². The molecule has 3 aromatic rings. The van der Waals surface area contributed by atoms with Gasteiger partial charge in [-0.1, -0.05) is 29.3 Å². The summed E-state index contributed by atoms with van der Waals surface area (Å²) in [5.41, 5.74) is 4.48. The molecule has 0 bridgehead atoms. The lowest BCUT2D eigenvalue weighted by Crippen LogP contribution is -2.37. The van der Waals surface area contributed by atoms with Gasteiger partial charge in [0.05, 0.1) is 29.5 Å². The Hall–Kier alpha value is -1.82. The van der Waals surface area contributed by atoms with Crippen LogP contribution in [0.4, 0.5) is 5.82 Å². The zero-order chi connectivity index (χ0) is 17.6. The smallest absolute Gasteiger partial charge is 0.165 e. The molecule has 25 heavy (non-hydrogen) atoms. The van der Waals surface area contributed by atoms with Crippen molar-refractivity contribution in [2.45, 2.75) is 13.8 Å². The van der Waals surface area contributed by atoms with E-state index in [1.807, 2.05) is 30.5 Å². The van der Waals surface area contributed by atoms with Crippen molar-refractivity contribution in [3.8, 4) is 11.1 Å². The van der Waals surface area contributed by atoms with Crippen molar-refractivity contribution < 1.29 is 4.74 Å². The number of nitrogens with zero attached hydrogens (tertiary/aromatic N) is 4. The highest BCUT2D eigenvalue weighted by molar-refractivity contribution is 6.36. The number of aromatic nitrogens is 3. The monoisotopic (exact) mass is 376 g/mol. The first-order valence-corrected chi connectivity index (χ1v) is 8.95. The molecule has 0 spiro atoms. The quantitative estimate of drug-likeness (QED) is 0.673. The van der Waals surface area contributed by atoms with Crippen LogP contribution in [0.15, 0.2) is 24.3 Å². The van der Waals surface area contributed by atoms with Gasteiger partial charge in [0.1, 0.15) is 5.82 Å². The summed E-state index contributed by atoms with van der Waals surface area (Å²) in [6.45, 7) is 7.11. The zero-order valence-electron chi connectivity index (χ0n) is 14.1. The minimum Gasteiger partial charge on any atom is -0.378 e. The van der Waals surface area contributed by atoms with E-state index >= 15 is 0 Å². The first-order chi connectivity index (χ1) is 12.0. The zero-order valence-corrected chi connectivity index (χ0v) is 15.6. The van der Waals surface area contributed by atoms with Crippen molar-refractivity contribution in [1.82, 2.24) is 14.6 Å². The Balaban J connectivity index is 1.94. The van der Waals surface area contributed by atoms with E-state index in [-0.39, 0.29) is 0 Å². The number of hydrogen-bond donors (Lipinski definition) is 0. The molecule has 0 aliphatic carbocycles. The van der Waals surface area contributed by atoms with Crippen LogP contribution in [0, 0.1) is 13.8 Å². The maximum Gasteiger partial charge on any atom is 0.165 e. The number of rotatable bonds is 2. The van der Waals surface area contributed by atoms with Gasteiger partial charge in [0.25, 0.3) is 0 Å². The van der Waals surface area contributed by atoms with Crippen molar-refractivity contribution in [2.75, 3.05) is 31.2 Å². The molecule has 0 unspecified atom stereocenters. The van der Waals surface area contributed by atoms with Gasteiger partial charge in [-0.2, -0.15) is 9.61 Å². The number of hydrogen-bond acceptors (Lipinski definition) is 4. The minimum absolute atomic E-state index is 0.599. The largest absolute Gasteiger partial charge is 0.378 e. The number of morpholine rings is 1. The Kier molecular flexibility index (Phi) is 4.31. The fourth-order valence-electron chi connectivity index (χ4n) is 3.25. The summed E-state index contributed by atoms with van der Waals surface area (Å²) in [5, 5.41) is 5.96. The topological polar surface area (TPSA) is 42.7 Å². The Morgan fingerprint density at radius 2 is 1.84 bits per heavy atom. The van der Waals surface area contributed by atoms with Crippen molar-refractivity contribution >= 4 is 34.7 Å². The average molecular weight is 377 g/mol. The number of benzene rings is 1. The molecular formula is C18H18Cl2N4O. The predicted molar refractivity (Wildman–Crippen MR) is 101 cm³/mol. The van der Waals surface area contributed by atoms with Gasteiger partial charge in [0.15, 0.2) is 5.65 Å². The van der Waals surface area contributed by atoms with Crippen LogP contribution in [0.1, 0.15) is 11.4 Å². The molecule has 1 aliphatic heterocycles. The van der Waals surface area contributed by atoms with Gasteiger partial charge in [0.2, 0.25) is 0 Å². The molecule has 1 saturated heterocycles. The summed E-state index contributed by atoms with van der Waals surface area (Å²) in [6.07, 6.45) is 0. The highest BCUT2D eigenvalue weighted by Crippen LogP contribution is 2.36. The molecule has 4 rings (SSSR count). The first kappa shape index (κ1) is 16.6. The normalized spacial score (nSPS) is 15.1. The van der Waals surface area contributed by atoms with E-state index in [2.05, 4.69) is 11.0 Å². The maximum absolute atomic E-state index is 6.45. The van der Waals surface area contributed by atoms with Crippen LogP contribution in [0.5, 0.6) is 0 Å². The Morgan fingerprint density at radius 3 is 2.56 bits per heavy atom. The molecule has 0 amide bonds. The van der Waals surface area contributed by atoms with Crippen LogP contribution in [-0.2, 0) is 4.74 Å². The molecular weight excluding hydrogens is 359 g/mol. The molecule has 3 heterocycles. The van der Waals surface area contributed by atoms with Crippen molar-refractivity contribution in [3.05, 3.63) is 45.7 Å². The molecule has 0 atom stereocenters. The van der Waals surface area contributed by atoms with Crippen LogP contribution in [-0.4, -0.2) is 40.9 Å². The molecule has 1 aliphatic rings. The molecule has 130 valence electrons. The van der Waals surface area contributed by atoms with Crippen LogP contribution in [0.25, 0.3) is 16.8 Å². The highest BCUT2D eigenvalue weighted by Gasteiger charge is 2.21. The van der Waals surface area contributed by atoms with E-state index in [0.29, 0.717) is 10.0 Å². The number of ether oxygens (including phenoxy) is 1. The minimum atomic E-state index is 0.599. The summed E-state index contributed by atoms with van der Waals surface area (Å²) in [5.74, 6) is 1.03. The summed E-state index contributed by atoms with van der Waals surface area (Å²) >= 11 is 12.5. The van der Waals surface area contributed by atoms with Gasteiger partial charge < -0.3 is 9.64 Å². The Bertz CT molecular complexity index is 948. The van der Waals surface area contributed by atoms with Gasteiger partial charge >= 0.3 is 0 Å². The van der Waals surface area contributed by atoms with E-state index in [9.17, 15) is 0 Å². The number of aryl methyl sites for hydroxylation is 2. The van der Waals surface area contributed by atoms with Crippen LogP contribution < -0.4 is 4.90 Å². The molecule has 2 aromatic heterocycles. The summed E-state index contributed by atoms with van der Waals surface area (Å²) in [6, 6.07) is 7.58. The SMILES string of the molecule is Cc1cc(N2CCOCC2)n2nc(C)c(-c3ccc(Cl)cc3Cl)c2n1. The van der Waals surface area contributed by atoms with Crippen LogP contribution in [0.3, 0.4) is 0 Å². The second-order valence-electron chi connectivity index (χ2n) is 6.18. The lowest BCUT2D eigenvalue weighted by atomic mass is 10.1. The number of fused-ring (bicyclic) bond motifs is 1. The maximum atomic E-state index is 6.45. The van der Waals surface area contributed by atoms with Gasteiger partial charge in [-0.25, -0.2) is 4.98 Å². The predicted octanol–water partition coefficient (Wildman–Crippen LogP) is 4.16. The van der Waals surface area contributed by atoms with E-state index in [4.69, 9.17) is 38.0 Å². The molecule has 1 fully saturated rings. The standard InChI is InChI=1S/C18H18Cl2N4O/c1-11-9-16(23-5-7-25-8-6-23)24-18(21-11)17(12(2)22-24)14-4-3-13(19)10-15(14)20/h3-4,9-10H,5-8H2,1-2H3. The molecule has 0 saturated carbocycles. The molecule has 0 N–H and O–H groups in total. The Labute approximate surface area is 156 Å². The lowest BCUT2D eigenvalue weighted by molar-refractivity contribution is 0.122. The van der Waals surface area contributed by atoms with Gasteiger partial charge in [-0.15, -0.1) is 0 Å². The molecule has 0 radical (unpaired) electrons. The molecule has 7 heteroatoms. The van der Waals surface area contributed by atoms with Crippen molar-refractivity contribution in [3.63, 3.8) is 0 Å². The number of halogens is 2. The fourth-order valence-corrected chi connectivity index (χ4v) is 3.75. The van der Waals surface area contributed by atoms with Gasteiger partial charge in [-0.3, -0.25) is 0 Å². The molecule has 5 nitrogen and oxygen atoms in total. The second-order valence-corrected chi connectivity index (χ2v) is 7.02. The van der Waals surface area contributed by atoms with Gasteiger partial charge in [0, 0.05) is 35.4 Å².